The number of hydrogen-bond acceptors (Lipinski definition) is 4. The number of aromatic nitrogens is 3. The van der Waals surface area contributed by atoms with Gasteiger partial charge in [-0.15, -0.1) is 0 Å². The molecule has 6 heteroatoms. The van der Waals surface area contributed by atoms with Crippen LogP contribution in [-0.2, 0) is 4.79 Å². The van der Waals surface area contributed by atoms with Crippen LogP contribution in [0.2, 0.25) is 0 Å². The van der Waals surface area contributed by atoms with E-state index in [2.05, 4.69) is 15.0 Å². The highest BCUT2D eigenvalue weighted by atomic mass is 16.4. The first-order valence-electron chi connectivity index (χ1n) is 6.55. The summed E-state index contributed by atoms with van der Waals surface area (Å²) in [6.07, 6.45) is 8.02. The van der Waals surface area contributed by atoms with Crippen LogP contribution in [-0.4, -0.2) is 37.8 Å². The number of nitrogens with zero attached hydrogens (tertiary/aromatic N) is 4. The van der Waals surface area contributed by atoms with Gasteiger partial charge in [0.2, 0.25) is 0 Å². The predicted octanol–water partition coefficient (Wildman–Crippen LogP) is 1.17. The van der Waals surface area contributed by atoms with E-state index in [1.54, 1.807) is 16.9 Å². The average Bonchev–Trinajstić information content (AvgIpc) is 3.11. The first kappa shape index (κ1) is 10.8. The fourth-order valence-electron chi connectivity index (χ4n) is 3.63. The summed E-state index contributed by atoms with van der Waals surface area (Å²) in [6.45, 7) is 0. The molecule has 0 aromatic carbocycles. The van der Waals surface area contributed by atoms with Gasteiger partial charge in [0.15, 0.2) is 5.82 Å². The number of anilines is 1. The molecular weight excluding hydrogens is 244 g/mol. The molecular formula is C13H14N4O2. The van der Waals surface area contributed by atoms with Crippen LogP contribution in [0.1, 0.15) is 19.3 Å². The third-order valence-corrected chi connectivity index (χ3v) is 4.40. The van der Waals surface area contributed by atoms with Crippen molar-refractivity contribution in [3.63, 3.8) is 0 Å². The average molecular weight is 258 g/mol. The molecule has 1 N–H and O–H groups in total. The van der Waals surface area contributed by atoms with Gasteiger partial charge in [-0.25, -0.2) is 9.50 Å². The van der Waals surface area contributed by atoms with Crippen LogP contribution in [0.15, 0.2) is 24.7 Å². The Labute approximate surface area is 109 Å². The molecule has 2 aromatic rings. The molecule has 3 unspecified atom stereocenters. The van der Waals surface area contributed by atoms with Gasteiger partial charge in [0.05, 0.1) is 12.1 Å². The van der Waals surface area contributed by atoms with E-state index in [-0.39, 0.29) is 12.0 Å². The van der Waals surface area contributed by atoms with Crippen LogP contribution in [0.25, 0.3) is 5.52 Å². The molecule has 2 fully saturated rings. The smallest absolute Gasteiger partial charge is 0.308 e. The van der Waals surface area contributed by atoms with Crippen LogP contribution in [0, 0.1) is 5.92 Å². The van der Waals surface area contributed by atoms with Gasteiger partial charge in [0.1, 0.15) is 5.52 Å². The molecule has 2 saturated heterocycles. The Balaban J connectivity index is 1.81. The first-order chi connectivity index (χ1) is 9.25. The van der Waals surface area contributed by atoms with Crippen molar-refractivity contribution in [1.29, 1.82) is 0 Å². The van der Waals surface area contributed by atoms with Crippen molar-refractivity contribution in [1.82, 2.24) is 14.6 Å². The van der Waals surface area contributed by atoms with Gasteiger partial charge in [-0.1, -0.05) is 0 Å². The molecule has 0 aliphatic carbocycles. The van der Waals surface area contributed by atoms with Gasteiger partial charge in [0, 0.05) is 24.5 Å². The molecule has 2 bridgehead atoms. The van der Waals surface area contributed by atoms with Gasteiger partial charge in [-0.3, -0.25) is 4.79 Å². The second-order valence-electron chi connectivity index (χ2n) is 5.30. The molecule has 2 aliphatic heterocycles. The maximum atomic E-state index is 11.3. The zero-order valence-electron chi connectivity index (χ0n) is 10.3. The van der Waals surface area contributed by atoms with E-state index in [1.807, 2.05) is 12.3 Å². The van der Waals surface area contributed by atoms with Crippen LogP contribution < -0.4 is 4.90 Å². The SMILES string of the molecule is O=C(O)C1CC2CCC1N2c1nccn2nccc12. The molecule has 98 valence electrons. The van der Waals surface area contributed by atoms with Gasteiger partial charge < -0.3 is 10.0 Å². The zero-order valence-corrected chi connectivity index (χ0v) is 10.3. The van der Waals surface area contributed by atoms with Crippen LogP contribution in [0.4, 0.5) is 5.82 Å². The standard InChI is InChI=1S/C13H14N4O2/c18-13(19)9-7-8-1-2-10(9)17(8)12-11-3-4-15-16(11)6-5-14-12/h3-6,8-10H,1-2,7H2,(H,18,19). The van der Waals surface area contributed by atoms with Crippen molar-refractivity contribution >= 4 is 17.3 Å². The number of carboxylic acids is 1. The van der Waals surface area contributed by atoms with Crippen LogP contribution in [0.5, 0.6) is 0 Å². The summed E-state index contributed by atoms with van der Waals surface area (Å²) in [5.74, 6) is -0.0716. The summed E-state index contributed by atoms with van der Waals surface area (Å²) >= 11 is 0. The summed E-state index contributed by atoms with van der Waals surface area (Å²) in [6, 6.07) is 2.31. The lowest BCUT2D eigenvalue weighted by Gasteiger charge is -2.24. The molecule has 0 saturated carbocycles. The minimum absolute atomic E-state index is 0.0797. The van der Waals surface area contributed by atoms with Crippen molar-refractivity contribution in [2.45, 2.75) is 31.3 Å². The molecule has 6 nitrogen and oxygen atoms in total. The zero-order chi connectivity index (χ0) is 13.0. The second kappa shape index (κ2) is 3.69. The summed E-state index contributed by atoms with van der Waals surface area (Å²) in [5, 5.41) is 13.5. The minimum atomic E-state index is -0.683. The number of fused-ring (bicyclic) bond motifs is 3. The van der Waals surface area contributed by atoms with E-state index in [0.29, 0.717) is 6.04 Å². The number of aliphatic carboxylic acids is 1. The maximum absolute atomic E-state index is 11.3. The highest BCUT2D eigenvalue weighted by Gasteiger charge is 2.50. The topological polar surface area (TPSA) is 70.7 Å². The Morgan fingerprint density at radius 1 is 1.37 bits per heavy atom. The number of carbonyl (C=O) groups is 1. The number of rotatable bonds is 2. The largest absolute Gasteiger partial charge is 0.481 e. The van der Waals surface area contributed by atoms with Crippen molar-refractivity contribution in [3.8, 4) is 0 Å². The summed E-state index contributed by atoms with van der Waals surface area (Å²) < 4.78 is 1.79. The van der Waals surface area contributed by atoms with Crippen molar-refractivity contribution in [2.24, 2.45) is 5.92 Å². The Hall–Kier alpha value is -2.11. The summed E-state index contributed by atoms with van der Waals surface area (Å²) in [4.78, 5) is 18.0. The lowest BCUT2D eigenvalue weighted by molar-refractivity contribution is -0.142. The molecule has 2 aromatic heterocycles. The highest BCUT2D eigenvalue weighted by Crippen LogP contribution is 2.44. The van der Waals surface area contributed by atoms with Crippen molar-refractivity contribution < 1.29 is 9.90 Å². The normalized spacial score (nSPS) is 29.3. The van der Waals surface area contributed by atoms with Gasteiger partial charge in [-0.2, -0.15) is 5.10 Å². The molecule has 4 rings (SSSR count). The third-order valence-electron chi connectivity index (χ3n) is 4.40. The monoisotopic (exact) mass is 258 g/mol. The lowest BCUT2D eigenvalue weighted by atomic mass is 9.89. The lowest BCUT2D eigenvalue weighted by Crippen LogP contribution is -2.33. The molecule has 4 heterocycles. The predicted molar refractivity (Wildman–Crippen MR) is 68.0 cm³/mol. The molecule has 0 radical (unpaired) electrons. The quantitative estimate of drug-likeness (QED) is 0.875. The van der Waals surface area contributed by atoms with E-state index in [1.165, 1.54) is 0 Å². The van der Waals surface area contributed by atoms with Gasteiger partial charge >= 0.3 is 5.97 Å². The van der Waals surface area contributed by atoms with Gasteiger partial charge in [-0.05, 0) is 25.3 Å². The molecule has 19 heavy (non-hydrogen) atoms. The molecule has 2 aliphatic rings. The maximum Gasteiger partial charge on any atom is 0.308 e. The first-order valence-corrected chi connectivity index (χ1v) is 6.55. The Morgan fingerprint density at radius 3 is 3.05 bits per heavy atom. The van der Waals surface area contributed by atoms with E-state index in [0.717, 1.165) is 30.6 Å². The van der Waals surface area contributed by atoms with Crippen LogP contribution >= 0.6 is 0 Å². The van der Waals surface area contributed by atoms with E-state index in [4.69, 9.17) is 0 Å². The summed E-state index contributed by atoms with van der Waals surface area (Å²) in [5.41, 5.74) is 0.949. The number of carboxylic acid groups (broad SMARTS) is 1. The fraction of sp³-hybridized carbons (Fsp3) is 0.462. The molecule has 0 spiro atoms. The van der Waals surface area contributed by atoms with Crippen molar-refractivity contribution in [2.75, 3.05) is 4.90 Å². The van der Waals surface area contributed by atoms with Crippen LogP contribution in [0.3, 0.4) is 0 Å². The third kappa shape index (κ3) is 1.39. The highest BCUT2D eigenvalue weighted by molar-refractivity contribution is 5.76. The van der Waals surface area contributed by atoms with E-state index < -0.39 is 5.97 Å². The van der Waals surface area contributed by atoms with E-state index in [9.17, 15) is 9.90 Å². The fourth-order valence-corrected chi connectivity index (χ4v) is 3.63. The molecule has 3 atom stereocenters. The van der Waals surface area contributed by atoms with Crippen molar-refractivity contribution in [3.05, 3.63) is 24.7 Å². The van der Waals surface area contributed by atoms with E-state index >= 15 is 0 Å². The molecule has 0 amide bonds. The Bertz CT molecular complexity index is 653. The Morgan fingerprint density at radius 2 is 2.26 bits per heavy atom. The van der Waals surface area contributed by atoms with Gasteiger partial charge in [0.25, 0.3) is 0 Å². The minimum Gasteiger partial charge on any atom is -0.481 e. The second-order valence-corrected chi connectivity index (χ2v) is 5.30. The summed E-state index contributed by atoms with van der Waals surface area (Å²) in [7, 11) is 0. The number of hydrogen-bond donors (Lipinski definition) is 1. The Kier molecular flexibility index (Phi) is 2.09.